The fraction of sp³-hybridized carbons (Fsp3) is 1.00. The van der Waals surface area contributed by atoms with Crippen molar-refractivity contribution in [3.8, 4) is 0 Å². The summed E-state index contributed by atoms with van der Waals surface area (Å²) in [5.41, 5.74) is 0.0399. The van der Waals surface area contributed by atoms with Crippen LogP contribution >= 0.6 is 0 Å². The number of hydrogen-bond acceptors (Lipinski definition) is 4. The van der Waals surface area contributed by atoms with Gasteiger partial charge in [0.05, 0.1) is 31.0 Å². The van der Waals surface area contributed by atoms with Gasteiger partial charge in [-0.05, 0) is 51.4 Å². The van der Waals surface area contributed by atoms with Crippen LogP contribution in [0.3, 0.4) is 0 Å². The molecular formula is C21H42O4. The number of ether oxygens (including phenoxy) is 3. The van der Waals surface area contributed by atoms with E-state index in [1.54, 1.807) is 0 Å². The van der Waals surface area contributed by atoms with Crippen molar-refractivity contribution in [1.29, 1.82) is 0 Å². The molecule has 1 N–H and O–H groups in total. The maximum atomic E-state index is 9.31. The van der Waals surface area contributed by atoms with Gasteiger partial charge in [0.1, 0.15) is 0 Å². The van der Waals surface area contributed by atoms with Crippen molar-refractivity contribution in [2.75, 3.05) is 33.0 Å². The Labute approximate surface area is 155 Å². The predicted octanol–water partition coefficient (Wildman–Crippen LogP) is 4.73. The second-order valence-electron chi connectivity index (χ2n) is 7.84. The third-order valence-electron chi connectivity index (χ3n) is 6.58. The fourth-order valence-electron chi connectivity index (χ4n) is 3.73. The van der Waals surface area contributed by atoms with Crippen LogP contribution in [-0.4, -0.2) is 49.3 Å². The molecule has 0 aliphatic carbocycles. The van der Waals surface area contributed by atoms with Crippen molar-refractivity contribution in [3.05, 3.63) is 0 Å². The predicted molar refractivity (Wildman–Crippen MR) is 103 cm³/mol. The van der Waals surface area contributed by atoms with Gasteiger partial charge in [-0.15, -0.1) is 0 Å². The number of aliphatic hydroxyl groups is 1. The normalized spacial score (nSPS) is 17.5. The van der Waals surface area contributed by atoms with Crippen LogP contribution in [0.15, 0.2) is 0 Å². The van der Waals surface area contributed by atoms with Gasteiger partial charge in [-0.1, -0.05) is 34.6 Å². The molecule has 1 aliphatic heterocycles. The van der Waals surface area contributed by atoms with Crippen LogP contribution in [0.5, 0.6) is 0 Å². The van der Waals surface area contributed by atoms with E-state index in [0.717, 1.165) is 77.8 Å². The van der Waals surface area contributed by atoms with Crippen LogP contribution in [0.25, 0.3) is 0 Å². The molecule has 1 aliphatic rings. The Hall–Kier alpha value is -0.160. The second kappa shape index (κ2) is 10.9. The molecule has 0 aromatic heterocycles. The van der Waals surface area contributed by atoms with Gasteiger partial charge < -0.3 is 19.3 Å². The van der Waals surface area contributed by atoms with Crippen LogP contribution < -0.4 is 0 Å². The zero-order chi connectivity index (χ0) is 18.8. The highest BCUT2D eigenvalue weighted by Gasteiger charge is 2.40. The van der Waals surface area contributed by atoms with E-state index in [4.69, 9.17) is 14.2 Å². The highest BCUT2D eigenvalue weighted by Crippen LogP contribution is 2.36. The van der Waals surface area contributed by atoms with Gasteiger partial charge in [-0.2, -0.15) is 0 Å². The Balaban J connectivity index is 2.48. The van der Waals surface area contributed by atoms with Crippen molar-refractivity contribution in [1.82, 2.24) is 0 Å². The van der Waals surface area contributed by atoms with Gasteiger partial charge in [0.15, 0.2) is 0 Å². The van der Waals surface area contributed by atoms with E-state index in [0.29, 0.717) is 0 Å². The Bertz CT molecular complexity index is 338. The highest BCUT2D eigenvalue weighted by molar-refractivity contribution is 4.87. The lowest BCUT2D eigenvalue weighted by Crippen LogP contribution is -2.48. The Morgan fingerprint density at radius 1 is 0.880 bits per heavy atom. The van der Waals surface area contributed by atoms with E-state index in [-0.39, 0.29) is 23.2 Å². The summed E-state index contributed by atoms with van der Waals surface area (Å²) in [6.45, 7) is 14.4. The summed E-state index contributed by atoms with van der Waals surface area (Å²) in [6, 6.07) is 0. The standard InChI is InChI=1S/C21H42O4/c1-6-19(16-23-17-19)18-25-20(7-2,8-3)12-11-15-24-21(9-4,10-5)13-14-22/h22H,6-18H2,1-5H3. The van der Waals surface area contributed by atoms with E-state index in [1.807, 2.05) is 0 Å². The SMILES string of the molecule is CCC1(COC(CC)(CC)CCCOC(CC)(CC)CCO)COC1. The largest absolute Gasteiger partial charge is 0.396 e. The van der Waals surface area contributed by atoms with Gasteiger partial charge >= 0.3 is 0 Å². The smallest absolute Gasteiger partial charge is 0.0699 e. The molecule has 1 rings (SSSR count). The van der Waals surface area contributed by atoms with Crippen molar-refractivity contribution in [3.63, 3.8) is 0 Å². The van der Waals surface area contributed by atoms with Crippen LogP contribution in [0.4, 0.5) is 0 Å². The first-order valence-corrected chi connectivity index (χ1v) is 10.5. The van der Waals surface area contributed by atoms with Crippen LogP contribution in [0, 0.1) is 5.41 Å². The van der Waals surface area contributed by atoms with Gasteiger partial charge in [-0.3, -0.25) is 0 Å². The Morgan fingerprint density at radius 2 is 1.44 bits per heavy atom. The molecule has 150 valence electrons. The molecule has 25 heavy (non-hydrogen) atoms. The van der Waals surface area contributed by atoms with Gasteiger partial charge in [0.25, 0.3) is 0 Å². The molecule has 0 spiro atoms. The highest BCUT2D eigenvalue weighted by atomic mass is 16.5. The molecule has 0 radical (unpaired) electrons. The minimum atomic E-state index is -0.160. The molecule has 0 bridgehead atoms. The minimum Gasteiger partial charge on any atom is -0.396 e. The third-order valence-corrected chi connectivity index (χ3v) is 6.58. The number of aliphatic hydroxyl groups excluding tert-OH is 1. The summed E-state index contributed by atoms with van der Waals surface area (Å²) in [6.07, 6.45) is 7.85. The lowest BCUT2D eigenvalue weighted by molar-refractivity contribution is -0.185. The van der Waals surface area contributed by atoms with Crippen LogP contribution in [0.2, 0.25) is 0 Å². The van der Waals surface area contributed by atoms with E-state index in [1.165, 1.54) is 0 Å². The molecule has 4 nitrogen and oxygen atoms in total. The van der Waals surface area contributed by atoms with E-state index in [9.17, 15) is 5.11 Å². The molecule has 0 atom stereocenters. The molecular weight excluding hydrogens is 316 g/mol. The van der Waals surface area contributed by atoms with E-state index in [2.05, 4.69) is 34.6 Å². The van der Waals surface area contributed by atoms with Gasteiger partial charge in [-0.25, -0.2) is 0 Å². The average Bonchev–Trinajstić information content (AvgIpc) is 2.62. The summed E-state index contributed by atoms with van der Waals surface area (Å²) >= 11 is 0. The molecule has 0 unspecified atom stereocenters. The molecule has 1 fully saturated rings. The molecule has 1 heterocycles. The van der Waals surface area contributed by atoms with E-state index < -0.39 is 0 Å². The lowest BCUT2D eigenvalue weighted by atomic mass is 9.83. The summed E-state index contributed by atoms with van der Waals surface area (Å²) in [5, 5.41) is 9.31. The Morgan fingerprint density at radius 3 is 1.84 bits per heavy atom. The third kappa shape index (κ3) is 6.20. The van der Waals surface area contributed by atoms with Crippen LogP contribution in [0.1, 0.15) is 86.0 Å². The van der Waals surface area contributed by atoms with Gasteiger partial charge in [0.2, 0.25) is 0 Å². The van der Waals surface area contributed by atoms with E-state index >= 15 is 0 Å². The summed E-state index contributed by atoms with van der Waals surface area (Å²) < 4.78 is 18.1. The minimum absolute atomic E-state index is 0.0425. The molecule has 0 amide bonds. The molecule has 0 saturated carbocycles. The maximum Gasteiger partial charge on any atom is 0.0699 e. The molecule has 0 aromatic rings. The summed E-state index contributed by atoms with van der Waals surface area (Å²) in [4.78, 5) is 0. The van der Waals surface area contributed by atoms with Crippen molar-refractivity contribution < 1.29 is 19.3 Å². The molecule has 0 aromatic carbocycles. The zero-order valence-electron chi connectivity index (χ0n) is 17.4. The van der Waals surface area contributed by atoms with Crippen LogP contribution in [-0.2, 0) is 14.2 Å². The zero-order valence-corrected chi connectivity index (χ0v) is 17.4. The molecule has 4 heteroatoms. The first-order valence-electron chi connectivity index (χ1n) is 10.5. The first kappa shape index (κ1) is 22.9. The fourth-order valence-corrected chi connectivity index (χ4v) is 3.73. The molecule has 1 saturated heterocycles. The monoisotopic (exact) mass is 358 g/mol. The Kier molecular flexibility index (Phi) is 9.94. The summed E-state index contributed by atoms with van der Waals surface area (Å²) in [7, 11) is 0. The van der Waals surface area contributed by atoms with Crippen molar-refractivity contribution >= 4 is 0 Å². The topological polar surface area (TPSA) is 47.9 Å². The summed E-state index contributed by atoms with van der Waals surface area (Å²) in [5.74, 6) is 0. The van der Waals surface area contributed by atoms with Gasteiger partial charge in [0, 0.05) is 18.6 Å². The lowest BCUT2D eigenvalue weighted by Gasteiger charge is -2.44. The van der Waals surface area contributed by atoms with Crippen molar-refractivity contribution in [2.45, 2.75) is 97.2 Å². The maximum absolute atomic E-state index is 9.31. The number of rotatable bonds is 15. The average molecular weight is 359 g/mol. The first-order chi connectivity index (χ1) is 12.0. The quantitative estimate of drug-likeness (QED) is 0.430. The number of hydrogen-bond donors (Lipinski definition) is 1. The second-order valence-corrected chi connectivity index (χ2v) is 7.84. The van der Waals surface area contributed by atoms with Crippen molar-refractivity contribution in [2.24, 2.45) is 5.41 Å².